The fraction of sp³-hybridized carbons (Fsp3) is 0.304. The molecule has 0 unspecified atom stereocenters. The van der Waals surface area contributed by atoms with Crippen LogP contribution < -0.4 is 4.90 Å². The first-order valence-electron chi connectivity index (χ1n) is 10.5. The van der Waals surface area contributed by atoms with Gasteiger partial charge in [0.2, 0.25) is 21.8 Å². The Kier molecular flexibility index (Phi) is 6.38. The number of nitrogens with zero attached hydrogens (tertiary/aromatic N) is 3. The summed E-state index contributed by atoms with van der Waals surface area (Å²) in [7, 11) is -3.94. The zero-order valence-electron chi connectivity index (χ0n) is 17.5. The number of piperazine rings is 1. The molecule has 4 rings (SSSR count). The summed E-state index contributed by atoms with van der Waals surface area (Å²) in [5.41, 5.74) is 1.68. The fourth-order valence-corrected chi connectivity index (χ4v) is 5.39. The molecule has 0 bridgehead atoms. The summed E-state index contributed by atoms with van der Waals surface area (Å²) in [6.45, 7) is 1.40. The van der Waals surface area contributed by atoms with E-state index in [-0.39, 0.29) is 42.9 Å². The molecule has 32 heavy (non-hydrogen) atoms. The largest absolute Gasteiger partial charge is 0.337 e. The highest BCUT2D eigenvalue weighted by molar-refractivity contribution is 7.89. The lowest BCUT2D eigenvalue weighted by Crippen LogP contribution is -2.50. The Bertz CT molecular complexity index is 1140. The summed E-state index contributed by atoms with van der Waals surface area (Å²) in [5, 5.41) is 0. The molecule has 2 heterocycles. The standard InChI is InChI=1S/C23H24FN3O4S/c24-20-4-1-2-5-21(20)32(30,31)26-16-14-25(15-17-26)22(28)12-9-18-7-10-19(11-8-18)27-13-3-6-23(27)29/h1-2,4-5,7-12H,3,6,13-17H2/b12-9+. The van der Waals surface area contributed by atoms with Gasteiger partial charge in [-0.15, -0.1) is 0 Å². The van der Waals surface area contributed by atoms with Gasteiger partial charge in [0.05, 0.1) is 0 Å². The first-order chi connectivity index (χ1) is 15.4. The molecule has 0 spiro atoms. The van der Waals surface area contributed by atoms with E-state index in [4.69, 9.17) is 0 Å². The van der Waals surface area contributed by atoms with Gasteiger partial charge in [-0.1, -0.05) is 24.3 Å². The number of amides is 2. The van der Waals surface area contributed by atoms with Crippen molar-refractivity contribution in [3.63, 3.8) is 0 Å². The average molecular weight is 458 g/mol. The van der Waals surface area contributed by atoms with Crippen LogP contribution in [-0.2, 0) is 19.6 Å². The molecule has 2 aromatic carbocycles. The van der Waals surface area contributed by atoms with E-state index in [2.05, 4.69) is 0 Å². The first kappa shape index (κ1) is 22.2. The molecule has 0 aliphatic carbocycles. The van der Waals surface area contributed by atoms with Gasteiger partial charge in [0, 0.05) is 50.9 Å². The van der Waals surface area contributed by atoms with Gasteiger partial charge >= 0.3 is 0 Å². The predicted octanol–water partition coefficient (Wildman–Crippen LogP) is 2.50. The van der Waals surface area contributed by atoms with Gasteiger partial charge in [0.1, 0.15) is 10.7 Å². The van der Waals surface area contributed by atoms with Crippen molar-refractivity contribution in [1.29, 1.82) is 0 Å². The van der Waals surface area contributed by atoms with Crippen LogP contribution in [0.5, 0.6) is 0 Å². The van der Waals surface area contributed by atoms with E-state index in [0.29, 0.717) is 6.42 Å². The van der Waals surface area contributed by atoms with Crippen LogP contribution in [0.3, 0.4) is 0 Å². The molecule has 2 aliphatic rings. The minimum atomic E-state index is -3.94. The summed E-state index contributed by atoms with van der Waals surface area (Å²) in [6.07, 6.45) is 4.59. The third kappa shape index (κ3) is 4.58. The van der Waals surface area contributed by atoms with Crippen LogP contribution in [-0.4, -0.2) is 62.2 Å². The third-order valence-corrected chi connectivity index (χ3v) is 7.63. The molecule has 2 saturated heterocycles. The van der Waals surface area contributed by atoms with Crippen molar-refractivity contribution in [2.75, 3.05) is 37.6 Å². The minimum Gasteiger partial charge on any atom is -0.337 e. The highest BCUT2D eigenvalue weighted by Gasteiger charge is 2.31. The lowest BCUT2D eigenvalue weighted by atomic mass is 10.2. The number of carbonyl (C=O) groups excluding carboxylic acids is 2. The lowest BCUT2D eigenvalue weighted by Gasteiger charge is -2.33. The number of halogens is 1. The Morgan fingerprint density at radius 3 is 2.25 bits per heavy atom. The topological polar surface area (TPSA) is 78.0 Å². The quantitative estimate of drug-likeness (QED) is 0.647. The molecule has 0 N–H and O–H groups in total. The van der Waals surface area contributed by atoms with Crippen LogP contribution in [0.1, 0.15) is 18.4 Å². The molecule has 9 heteroatoms. The van der Waals surface area contributed by atoms with Gasteiger partial charge in [-0.05, 0) is 42.3 Å². The van der Waals surface area contributed by atoms with Crippen molar-refractivity contribution >= 4 is 33.6 Å². The van der Waals surface area contributed by atoms with Crippen molar-refractivity contribution in [3.8, 4) is 0 Å². The monoisotopic (exact) mass is 457 g/mol. The van der Waals surface area contributed by atoms with Gasteiger partial charge in [-0.3, -0.25) is 9.59 Å². The Morgan fingerprint density at radius 1 is 0.938 bits per heavy atom. The van der Waals surface area contributed by atoms with Gasteiger partial charge in [-0.25, -0.2) is 12.8 Å². The highest BCUT2D eigenvalue weighted by atomic mass is 32.2. The van der Waals surface area contributed by atoms with Gasteiger partial charge in [-0.2, -0.15) is 4.31 Å². The van der Waals surface area contributed by atoms with Crippen LogP contribution in [0.25, 0.3) is 6.08 Å². The normalized spacial score (nSPS) is 18.0. The summed E-state index contributed by atoms with van der Waals surface area (Å²) in [6, 6.07) is 12.7. The van der Waals surface area contributed by atoms with E-state index in [9.17, 15) is 22.4 Å². The number of carbonyl (C=O) groups is 2. The average Bonchev–Trinajstić information content (AvgIpc) is 3.24. The van der Waals surface area contributed by atoms with E-state index in [1.54, 1.807) is 15.9 Å². The van der Waals surface area contributed by atoms with Crippen molar-refractivity contribution in [3.05, 3.63) is 66.0 Å². The van der Waals surface area contributed by atoms with Crippen molar-refractivity contribution < 1.29 is 22.4 Å². The summed E-state index contributed by atoms with van der Waals surface area (Å²) in [4.78, 5) is 27.3. The first-order valence-corrected chi connectivity index (χ1v) is 11.9. The van der Waals surface area contributed by atoms with Crippen LogP contribution in [0, 0.1) is 5.82 Å². The zero-order valence-corrected chi connectivity index (χ0v) is 18.3. The maximum absolute atomic E-state index is 13.9. The maximum Gasteiger partial charge on any atom is 0.246 e. The molecule has 2 aromatic rings. The molecule has 2 fully saturated rings. The second-order valence-corrected chi connectivity index (χ2v) is 9.64. The molecule has 7 nitrogen and oxygen atoms in total. The van der Waals surface area contributed by atoms with Crippen LogP contribution in [0.4, 0.5) is 10.1 Å². The van der Waals surface area contributed by atoms with Gasteiger partial charge in [0.25, 0.3) is 0 Å². The molecule has 0 atom stereocenters. The van der Waals surface area contributed by atoms with Crippen LogP contribution >= 0.6 is 0 Å². The Balaban J connectivity index is 1.34. The number of benzene rings is 2. The molecular formula is C23H24FN3O4S. The molecule has 0 aromatic heterocycles. The number of hydrogen-bond acceptors (Lipinski definition) is 4. The smallest absolute Gasteiger partial charge is 0.246 e. The zero-order chi connectivity index (χ0) is 22.7. The molecule has 0 radical (unpaired) electrons. The molecule has 2 amide bonds. The molecular weight excluding hydrogens is 433 g/mol. The summed E-state index contributed by atoms with van der Waals surface area (Å²) in [5.74, 6) is -0.875. The Labute approximate surface area is 186 Å². The van der Waals surface area contributed by atoms with E-state index in [0.717, 1.165) is 30.3 Å². The van der Waals surface area contributed by atoms with E-state index in [1.807, 2.05) is 24.3 Å². The van der Waals surface area contributed by atoms with Crippen LogP contribution in [0.15, 0.2) is 59.5 Å². The van der Waals surface area contributed by atoms with Crippen molar-refractivity contribution in [2.45, 2.75) is 17.7 Å². The second-order valence-electron chi connectivity index (χ2n) is 7.73. The lowest BCUT2D eigenvalue weighted by molar-refractivity contribution is -0.127. The van der Waals surface area contributed by atoms with E-state index >= 15 is 0 Å². The predicted molar refractivity (Wildman–Crippen MR) is 119 cm³/mol. The summed E-state index contributed by atoms with van der Waals surface area (Å²) >= 11 is 0. The second kappa shape index (κ2) is 9.22. The highest BCUT2D eigenvalue weighted by Crippen LogP contribution is 2.23. The number of anilines is 1. The van der Waals surface area contributed by atoms with Gasteiger partial charge in [0.15, 0.2) is 0 Å². The molecule has 0 saturated carbocycles. The molecule has 168 valence electrons. The minimum absolute atomic E-state index is 0.106. The number of rotatable bonds is 5. The summed E-state index contributed by atoms with van der Waals surface area (Å²) < 4.78 is 40.5. The van der Waals surface area contributed by atoms with Crippen LogP contribution in [0.2, 0.25) is 0 Å². The number of hydrogen-bond donors (Lipinski definition) is 0. The van der Waals surface area contributed by atoms with Crippen molar-refractivity contribution in [1.82, 2.24) is 9.21 Å². The van der Waals surface area contributed by atoms with E-state index in [1.165, 1.54) is 28.6 Å². The SMILES string of the molecule is O=C(/C=C/c1ccc(N2CCCC2=O)cc1)N1CCN(S(=O)(=O)c2ccccc2F)CC1. The molecule has 2 aliphatic heterocycles. The number of sulfonamides is 1. The maximum atomic E-state index is 13.9. The van der Waals surface area contributed by atoms with Gasteiger partial charge < -0.3 is 9.80 Å². The van der Waals surface area contributed by atoms with Crippen molar-refractivity contribution in [2.24, 2.45) is 0 Å². The Hall–Kier alpha value is -3.04. The Morgan fingerprint density at radius 2 is 1.62 bits per heavy atom. The van der Waals surface area contributed by atoms with E-state index < -0.39 is 15.8 Å². The third-order valence-electron chi connectivity index (χ3n) is 5.70. The fourth-order valence-electron chi connectivity index (χ4n) is 3.90.